The van der Waals surface area contributed by atoms with Crippen LogP contribution in [-0.4, -0.2) is 27.7 Å². The molecule has 152 valence electrons. The summed E-state index contributed by atoms with van der Waals surface area (Å²) < 4.78 is 55.4. The van der Waals surface area contributed by atoms with Crippen LogP contribution in [0.5, 0.6) is 0 Å². The Hall–Kier alpha value is -2.20. The number of nitrogens with zero attached hydrogens (tertiary/aromatic N) is 1. The summed E-state index contributed by atoms with van der Waals surface area (Å²) in [4.78, 5) is 0.192. The summed E-state index contributed by atoms with van der Waals surface area (Å²) >= 11 is 1.19. The first kappa shape index (κ1) is 20.1. The van der Waals surface area contributed by atoms with Crippen molar-refractivity contribution in [2.45, 2.75) is 29.0 Å². The quantitative estimate of drug-likeness (QED) is 0.646. The minimum Gasteiger partial charge on any atom is -0.280 e. The zero-order valence-corrected chi connectivity index (χ0v) is 18.1. The Balaban J connectivity index is 1.59. The summed E-state index contributed by atoms with van der Waals surface area (Å²) in [5.41, 5.74) is 3.11. The molecule has 2 aromatic carbocycles. The van der Waals surface area contributed by atoms with Gasteiger partial charge >= 0.3 is 0 Å². The van der Waals surface area contributed by atoms with E-state index in [1.165, 1.54) is 15.6 Å². The molecule has 0 spiro atoms. The lowest BCUT2D eigenvalue weighted by atomic mass is 10.0. The van der Waals surface area contributed by atoms with Gasteiger partial charge in [-0.2, -0.15) is 4.31 Å². The van der Waals surface area contributed by atoms with E-state index >= 15 is 0 Å². The number of fused-ring (bicyclic) bond motifs is 1. The number of sulfonamides is 2. The van der Waals surface area contributed by atoms with Crippen LogP contribution in [0.25, 0.3) is 0 Å². The Morgan fingerprint density at radius 1 is 0.966 bits per heavy atom. The van der Waals surface area contributed by atoms with E-state index < -0.39 is 20.0 Å². The Morgan fingerprint density at radius 3 is 2.52 bits per heavy atom. The van der Waals surface area contributed by atoms with Gasteiger partial charge < -0.3 is 0 Å². The summed E-state index contributed by atoms with van der Waals surface area (Å²) in [6, 6.07) is 15.3. The molecular weight excluding hydrogens is 428 g/mol. The summed E-state index contributed by atoms with van der Waals surface area (Å²) in [6.07, 6.45) is 0.588. The summed E-state index contributed by atoms with van der Waals surface area (Å²) in [7, 11) is -7.26. The fourth-order valence-electron chi connectivity index (χ4n) is 3.33. The second-order valence-electron chi connectivity index (χ2n) is 6.93. The normalized spacial score (nSPS) is 15.1. The molecule has 0 aliphatic carbocycles. The van der Waals surface area contributed by atoms with Crippen LogP contribution in [0, 0.1) is 6.92 Å². The molecule has 1 aliphatic rings. The number of hydrogen-bond acceptors (Lipinski definition) is 5. The number of aryl methyl sites for hydroxylation is 1. The standard InChI is InChI=1S/C20H20N2O4S3/c1-15-4-2-5-19(12-15)28(23,24)21-18-8-7-16-9-10-22(14-17(16)13-18)29(25,26)20-6-3-11-27-20/h2-8,11-13,21H,9-10,14H2,1H3. The summed E-state index contributed by atoms with van der Waals surface area (Å²) in [5, 5.41) is 1.74. The summed E-state index contributed by atoms with van der Waals surface area (Å²) in [6.45, 7) is 2.46. The molecule has 0 radical (unpaired) electrons. The van der Waals surface area contributed by atoms with Gasteiger partial charge in [0.1, 0.15) is 4.21 Å². The molecule has 0 atom stereocenters. The van der Waals surface area contributed by atoms with Gasteiger partial charge in [0.25, 0.3) is 20.0 Å². The molecule has 4 rings (SSSR count). The number of nitrogens with one attached hydrogen (secondary N) is 1. The van der Waals surface area contributed by atoms with Crippen molar-refractivity contribution in [3.8, 4) is 0 Å². The Labute approximate surface area is 174 Å². The van der Waals surface area contributed by atoms with Crippen LogP contribution >= 0.6 is 11.3 Å². The largest absolute Gasteiger partial charge is 0.280 e. The average Bonchev–Trinajstić information content (AvgIpc) is 3.23. The number of thiophene rings is 1. The van der Waals surface area contributed by atoms with Crippen LogP contribution in [0.15, 0.2) is 69.1 Å². The highest BCUT2D eigenvalue weighted by Crippen LogP contribution is 2.29. The minimum absolute atomic E-state index is 0.192. The van der Waals surface area contributed by atoms with Crippen molar-refractivity contribution in [3.63, 3.8) is 0 Å². The molecule has 6 nitrogen and oxygen atoms in total. The third-order valence-electron chi connectivity index (χ3n) is 4.82. The zero-order valence-electron chi connectivity index (χ0n) is 15.7. The van der Waals surface area contributed by atoms with Crippen molar-refractivity contribution in [2.75, 3.05) is 11.3 Å². The van der Waals surface area contributed by atoms with E-state index in [0.29, 0.717) is 22.9 Å². The molecule has 0 bridgehead atoms. The van der Waals surface area contributed by atoms with Gasteiger partial charge in [-0.05, 0) is 65.7 Å². The van der Waals surface area contributed by atoms with Gasteiger partial charge in [0.15, 0.2) is 0 Å². The van der Waals surface area contributed by atoms with E-state index in [-0.39, 0.29) is 11.4 Å². The van der Waals surface area contributed by atoms with Crippen molar-refractivity contribution in [2.24, 2.45) is 0 Å². The Morgan fingerprint density at radius 2 is 1.79 bits per heavy atom. The second-order valence-corrected chi connectivity index (χ2v) is 11.7. The molecule has 0 saturated heterocycles. The van der Waals surface area contributed by atoms with Crippen LogP contribution in [0.4, 0.5) is 5.69 Å². The molecule has 2 heterocycles. The van der Waals surface area contributed by atoms with Crippen LogP contribution in [0.2, 0.25) is 0 Å². The van der Waals surface area contributed by atoms with E-state index in [4.69, 9.17) is 0 Å². The number of hydrogen-bond donors (Lipinski definition) is 1. The molecule has 29 heavy (non-hydrogen) atoms. The predicted molar refractivity (Wildman–Crippen MR) is 114 cm³/mol. The topological polar surface area (TPSA) is 83.6 Å². The van der Waals surface area contributed by atoms with E-state index in [1.807, 2.05) is 19.1 Å². The lowest BCUT2D eigenvalue weighted by molar-refractivity contribution is 0.392. The molecule has 0 fully saturated rings. The number of anilines is 1. The molecular formula is C20H20N2O4S3. The maximum atomic E-state index is 12.8. The molecule has 3 aromatic rings. The molecule has 0 unspecified atom stereocenters. The fourth-order valence-corrected chi connectivity index (χ4v) is 7.05. The average molecular weight is 449 g/mol. The van der Waals surface area contributed by atoms with Crippen LogP contribution in [0.1, 0.15) is 16.7 Å². The van der Waals surface area contributed by atoms with Crippen molar-refractivity contribution in [1.29, 1.82) is 0 Å². The lowest BCUT2D eigenvalue weighted by Gasteiger charge is -2.28. The minimum atomic E-state index is -3.72. The van der Waals surface area contributed by atoms with Gasteiger partial charge in [0.2, 0.25) is 0 Å². The number of benzene rings is 2. The van der Waals surface area contributed by atoms with Crippen LogP contribution in [-0.2, 0) is 33.0 Å². The fraction of sp³-hybridized carbons (Fsp3) is 0.200. The monoisotopic (exact) mass is 448 g/mol. The molecule has 1 aromatic heterocycles. The van der Waals surface area contributed by atoms with Gasteiger partial charge in [-0.1, -0.05) is 24.3 Å². The highest BCUT2D eigenvalue weighted by atomic mass is 32.2. The smallest absolute Gasteiger partial charge is 0.261 e. The first-order chi connectivity index (χ1) is 13.8. The Bertz CT molecular complexity index is 1250. The van der Waals surface area contributed by atoms with Gasteiger partial charge in [-0.25, -0.2) is 16.8 Å². The predicted octanol–water partition coefficient (Wildman–Crippen LogP) is 3.60. The molecule has 1 N–H and O–H groups in total. The van der Waals surface area contributed by atoms with Crippen LogP contribution in [0.3, 0.4) is 0 Å². The molecule has 1 aliphatic heterocycles. The SMILES string of the molecule is Cc1cccc(S(=O)(=O)Nc2ccc3c(c2)CN(S(=O)(=O)c2cccs2)CC3)c1. The summed E-state index contributed by atoms with van der Waals surface area (Å²) in [5.74, 6) is 0. The van der Waals surface area contributed by atoms with Crippen molar-refractivity contribution in [1.82, 2.24) is 4.31 Å². The maximum absolute atomic E-state index is 12.8. The van der Waals surface area contributed by atoms with Crippen molar-refractivity contribution >= 4 is 37.1 Å². The second kappa shape index (κ2) is 7.56. The van der Waals surface area contributed by atoms with Crippen molar-refractivity contribution < 1.29 is 16.8 Å². The van der Waals surface area contributed by atoms with E-state index in [2.05, 4.69) is 4.72 Å². The van der Waals surface area contributed by atoms with Gasteiger partial charge in [-0.3, -0.25) is 4.72 Å². The van der Waals surface area contributed by atoms with Crippen LogP contribution < -0.4 is 4.72 Å². The molecule has 0 amide bonds. The van der Waals surface area contributed by atoms with E-state index in [0.717, 1.165) is 16.7 Å². The number of rotatable bonds is 5. The van der Waals surface area contributed by atoms with Gasteiger partial charge in [0.05, 0.1) is 4.90 Å². The molecule has 0 saturated carbocycles. The third-order valence-corrected chi connectivity index (χ3v) is 9.42. The lowest BCUT2D eigenvalue weighted by Crippen LogP contribution is -2.35. The van der Waals surface area contributed by atoms with Gasteiger partial charge in [-0.15, -0.1) is 11.3 Å². The first-order valence-corrected chi connectivity index (χ1v) is 12.8. The van der Waals surface area contributed by atoms with E-state index in [1.54, 1.807) is 47.8 Å². The maximum Gasteiger partial charge on any atom is 0.261 e. The van der Waals surface area contributed by atoms with E-state index in [9.17, 15) is 16.8 Å². The Kier molecular flexibility index (Phi) is 5.24. The van der Waals surface area contributed by atoms with Gasteiger partial charge in [0, 0.05) is 18.8 Å². The zero-order chi connectivity index (χ0) is 20.6. The van der Waals surface area contributed by atoms with Crippen molar-refractivity contribution in [3.05, 3.63) is 76.7 Å². The third kappa shape index (κ3) is 4.09. The molecule has 9 heteroatoms. The highest BCUT2D eigenvalue weighted by Gasteiger charge is 2.29. The first-order valence-electron chi connectivity index (χ1n) is 9.01. The highest BCUT2D eigenvalue weighted by molar-refractivity contribution is 7.92.